The normalized spacial score (nSPS) is 18.1. The second-order valence-corrected chi connectivity index (χ2v) is 10.1. The SMILES string of the molecule is BrC1=CC2c3c(ccc4ccccc34)N(c3cc(-c4ccccc4)nc(-c4ccccc4)n3)C2C=C1. The molecule has 0 spiro atoms. The Labute approximate surface area is 218 Å². The van der Waals surface area contributed by atoms with Crippen LogP contribution in [0.25, 0.3) is 33.4 Å². The van der Waals surface area contributed by atoms with Crippen LogP contribution >= 0.6 is 15.9 Å². The number of halogens is 1. The highest BCUT2D eigenvalue weighted by Gasteiger charge is 2.40. The van der Waals surface area contributed by atoms with Crippen LogP contribution in [0.2, 0.25) is 0 Å². The first kappa shape index (κ1) is 21.3. The molecule has 1 aliphatic heterocycles. The molecular weight excluding hydrogens is 506 g/mol. The zero-order valence-electron chi connectivity index (χ0n) is 19.4. The zero-order chi connectivity index (χ0) is 24.1. The highest BCUT2D eigenvalue weighted by atomic mass is 79.9. The van der Waals surface area contributed by atoms with E-state index in [0.717, 1.165) is 32.9 Å². The van der Waals surface area contributed by atoms with Crippen molar-refractivity contribution in [3.63, 3.8) is 0 Å². The van der Waals surface area contributed by atoms with Gasteiger partial charge in [-0.2, -0.15) is 0 Å². The van der Waals surface area contributed by atoms with Gasteiger partial charge >= 0.3 is 0 Å². The molecule has 36 heavy (non-hydrogen) atoms. The van der Waals surface area contributed by atoms with Gasteiger partial charge < -0.3 is 4.90 Å². The minimum absolute atomic E-state index is 0.134. The Kier molecular flexibility index (Phi) is 5.07. The van der Waals surface area contributed by atoms with E-state index in [1.54, 1.807) is 0 Å². The lowest BCUT2D eigenvalue weighted by atomic mass is 9.88. The zero-order valence-corrected chi connectivity index (χ0v) is 21.0. The average Bonchev–Trinajstić information content (AvgIpc) is 3.27. The van der Waals surface area contributed by atoms with Gasteiger partial charge in [-0.05, 0) is 22.4 Å². The first-order valence-electron chi connectivity index (χ1n) is 12.1. The van der Waals surface area contributed by atoms with Gasteiger partial charge in [0, 0.05) is 33.3 Å². The topological polar surface area (TPSA) is 29.0 Å². The summed E-state index contributed by atoms with van der Waals surface area (Å²) in [5.74, 6) is 1.86. The summed E-state index contributed by atoms with van der Waals surface area (Å²) in [6.07, 6.45) is 6.77. The average molecular weight is 528 g/mol. The third kappa shape index (κ3) is 3.49. The molecule has 3 nitrogen and oxygen atoms in total. The standard InChI is InChI=1S/C32H22BrN3/c33-24-16-18-28-26(19-24)31-25-14-8-7-9-21(25)15-17-29(31)36(28)30-20-27(22-10-3-1-4-11-22)34-32(35-30)23-12-5-2-6-13-23/h1-20,26,28H. The quantitative estimate of drug-likeness (QED) is 0.235. The van der Waals surface area contributed by atoms with Gasteiger partial charge in [-0.1, -0.05) is 125 Å². The van der Waals surface area contributed by atoms with Gasteiger partial charge in [0.2, 0.25) is 0 Å². The molecule has 0 radical (unpaired) electrons. The number of aromatic nitrogens is 2. The van der Waals surface area contributed by atoms with Crippen LogP contribution in [0.3, 0.4) is 0 Å². The van der Waals surface area contributed by atoms with Crippen LogP contribution in [0.15, 0.2) is 126 Å². The van der Waals surface area contributed by atoms with Crippen LogP contribution in [0.1, 0.15) is 11.5 Å². The van der Waals surface area contributed by atoms with Crippen molar-refractivity contribution in [3.8, 4) is 22.6 Å². The third-order valence-electron chi connectivity index (χ3n) is 7.06. The monoisotopic (exact) mass is 527 g/mol. The van der Waals surface area contributed by atoms with E-state index in [-0.39, 0.29) is 12.0 Å². The van der Waals surface area contributed by atoms with Gasteiger partial charge in [0.25, 0.3) is 0 Å². The maximum absolute atomic E-state index is 5.15. The van der Waals surface area contributed by atoms with E-state index in [2.05, 4.69) is 118 Å². The number of rotatable bonds is 3. The highest BCUT2D eigenvalue weighted by Crippen LogP contribution is 2.51. The Balaban J connectivity index is 1.48. The molecule has 4 aromatic carbocycles. The van der Waals surface area contributed by atoms with E-state index >= 15 is 0 Å². The van der Waals surface area contributed by atoms with Crippen molar-refractivity contribution >= 4 is 38.2 Å². The largest absolute Gasteiger partial charge is 0.318 e. The van der Waals surface area contributed by atoms with Crippen LogP contribution in [0.5, 0.6) is 0 Å². The van der Waals surface area contributed by atoms with Gasteiger partial charge in [-0.3, -0.25) is 0 Å². The molecule has 0 N–H and O–H groups in total. The van der Waals surface area contributed by atoms with E-state index in [1.807, 2.05) is 24.3 Å². The molecule has 0 bridgehead atoms. The fourth-order valence-electron chi connectivity index (χ4n) is 5.45. The molecule has 2 atom stereocenters. The first-order valence-corrected chi connectivity index (χ1v) is 12.9. The number of allylic oxidation sites excluding steroid dienone is 2. The van der Waals surface area contributed by atoms with Gasteiger partial charge in [-0.25, -0.2) is 9.97 Å². The van der Waals surface area contributed by atoms with Crippen molar-refractivity contribution in [2.75, 3.05) is 4.90 Å². The third-order valence-corrected chi connectivity index (χ3v) is 7.59. The van der Waals surface area contributed by atoms with Crippen molar-refractivity contribution in [1.82, 2.24) is 9.97 Å². The Morgan fingerprint density at radius 3 is 2.25 bits per heavy atom. The van der Waals surface area contributed by atoms with Gasteiger partial charge in [0.1, 0.15) is 5.82 Å². The van der Waals surface area contributed by atoms with E-state index in [1.165, 1.54) is 22.0 Å². The molecule has 2 heterocycles. The molecule has 0 saturated heterocycles. The number of benzene rings is 4. The maximum Gasteiger partial charge on any atom is 0.162 e. The fourth-order valence-corrected chi connectivity index (χ4v) is 5.89. The van der Waals surface area contributed by atoms with Crippen LogP contribution in [-0.2, 0) is 0 Å². The number of fused-ring (bicyclic) bond motifs is 5. The summed E-state index contributed by atoms with van der Waals surface area (Å²) >= 11 is 3.73. The molecule has 1 aromatic heterocycles. The molecule has 0 amide bonds. The highest BCUT2D eigenvalue weighted by molar-refractivity contribution is 9.11. The van der Waals surface area contributed by atoms with Crippen LogP contribution in [-0.4, -0.2) is 16.0 Å². The summed E-state index contributed by atoms with van der Waals surface area (Å²) < 4.78 is 1.11. The van der Waals surface area contributed by atoms with Crippen LogP contribution in [0.4, 0.5) is 11.5 Å². The summed E-state index contributed by atoms with van der Waals surface area (Å²) in [6, 6.07) is 36.0. The Hall–Kier alpha value is -4.02. The summed E-state index contributed by atoms with van der Waals surface area (Å²) in [6.45, 7) is 0. The van der Waals surface area contributed by atoms with E-state index in [0.29, 0.717) is 0 Å². The van der Waals surface area contributed by atoms with Crippen molar-refractivity contribution in [3.05, 3.63) is 131 Å². The molecule has 2 unspecified atom stereocenters. The van der Waals surface area contributed by atoms with Crippen LogP contribution < -0.4 is 4.90 Å². The molecule has 7 rings (SSSR count). The minimum atomic E-state index is 0.134. The fraction of sp³-hybridized carbons (Fsp3) is 0.0625. The molecule has 2 aliphatic rings. The van der Waals surface area contributed by atoms with E-state index < -0.39 is 0 Å². The summed E-state index contributed by atoms with van der Waals surface area (Å²) in [7, 11) is 0. The lowest BCUT2D eigenvalue weighted by Gasteiger charge is -2.28. The summed E-state index contributed by atoms with van der Waals surface area (Å²) in [5, 5.41) is 2.55. The number of hydrogen-bond acceptors (Lipinski definition) is 3. The number of anilines is 2. The van der Waals surface area contributed by atoms with Gasteiger partial charge in [-0.15, -0.1) is 0 Å². The lowest BCUT2D eigenvalue weighted by molar-refractivity contribution is 0.739. The molecule has 1 aliphatic carbocycles. The van der Waals surface area contributed by atoms with Crippen molar-refractivity contribution < 1.29 is 0 Å². The van der Waals surface area contributed by atoms with Gasteiger partial charge in [0.15, 0.2) is 5.82 Å². The van der Waals surface area contributed by atoms with Crippen molar-refractivity contribution in [2.45, 2.75) is 12.0 Å². The Morgan fingerprint density at radius 1 is 0.722 bits per heavy atom. The predicted octanol–water partition coefficient (Wildman–Crippen LogP) is 8.42. The second-order valence-electron chi connectivity index (χ2n) is 9.18. The van der Waals surface area contributed by atoms with E-state index in [4.69, 9.17) is 9.97 Å². The molecular formula is C32H22BrN3. The van der Waals surface area contributed by atoms with Crippen molar-refractivity contribution in [2.24, 2.45) is 0 Å². The second kappa shape index (κ2) is 8.58. The molecule has 5 aromatic rings. The van der Waals surface area contributed by atoms with Crippen LogP contribution in [0, 0.1) is 0 Å². The summed E-state index contributed by atoms with van der Waals surface area (Å²) in [5.41, 5.74) is 5.55. The maximum atomic E-state index is 5.15. The van der Waals surface area contributed by atoms with E-state index in [9.17, 15) is 0 Å². The molecule has 0 saturated carbocycles. The summed E-state index contributed by atoms with van der Waals surface area (Å²) in [4.78, 5) is 12.5. The molecule has 172 valence electrons. The Bertz CT molecular complexity index is 1600. The smallest absolute Gasteiger partial charge is 0.162 e. The Morgan fingerprint density at radius 2 is 1.44 bits per heavy atom. The van der Waals surface area contributed by atoms with Crippen molar-refractivity contribution in [1.29, 1.82) is 0 Å². The minimum Gasteiger partial charge on any atom is -0.318 e. The lowest BCUT2D eigenvalue weighted by Crippen LogP contribution is -2.29. The molecule has 0 fully saturated rings. The number of nitrogens with zero attached hydrogens (tertiary/aromatic N) is 3. The first-order chi connectivity index (χ1) is 17.8. The van der Waals surface area contributed by atoms with Gasteiger partial charge in [0.05, 0.1) is 11.7 Å². The molecule has 4 heteroatoms. The predicted molar refractivity (Wildman–Crippen MR) is 152 cm³/mol. The number of hydrogen-bond donors (Lipinski definition) is 0.